The van der Waals surface area contributed by atoms with Crippen molar-refractivity contribution in [3.05, 3.63) is 40.2 Å². The number of benzene rings is 1. The van der Waals surface area contributed by atoms with E-state index in [-0.39, 0.29) is 0 Å². The van der Waals surface area contributed by atoms with Crippen molar-refractivity contribution in [3.63, 3.8) is 0 Å². The van der Waals surface area contributed by atoms with Crippen molar-refractivity contribution in [3.8, 4) is 11.3 Å². The molecule has 0 unspecified atom stereocenters. The van der Waals surface area contributed by atoms with Crippen LogP contribution in [0, 0.1) is 3.57 Å². The molecule has 4 heteroatoms. The number of nitrogens with two attached hydrogens (primary N) is 1. The Morgan fingerprint density at radius 1 is 1.14 bits per heavy atom. The van der Waals surface area contributed by atoms with E-state index >= 15 is 0 Å². The molecule has 70 valence electrons. The minimum atomic E-state index is 0.494. The monoisotopic (exact) mass is 297 g/mol. The quantitative estimate of drug-likeness (QED) is 0.822. The summed E-state index contributed by atoms with van der Waals surface area (Å²) < 4.78 is 1.18. The summed E-state index contributed by atoms with van der Waals surface area (Å²) in [6.45, 7) is 0. The third kappa shape index (κ3) is 2.01. The summed E-state index contributed by atoms with van der Waals surface area (Å²) in [5.41, 5.74) is 7.50. The number of aromatic nitrogens is 2. The Morgan fingerprint density at radius 3 is 2.71 bits per heavy atom. The lowest BCUT2D eigenvalue weighted by molar-refractivity contribution is 1.18. The Kier molecular flexibility index (Phi) is 2.62. The highest BCUT2D eigenvalue weighted by atomic mass is 127. The van der Waals surface area contributed by atoms with E-state index in [0.29, 0.717) is 5.82 Å². The zero-order chi connectivity index (χ0) is 9.97. The lowest BCUT2D eigenvalue weighted by Crippen LogP contribution is -1.92. The van der Waals surface area contributed by atoms with Crippen molar-refractivity contribution in [1.82, 2.24) is 9.97 Å². The summed E-state index contributed by atoms with van der Waals surface area (Å²) in [5.74, 6) is 0.494. The lowest BCUT2D eigenvalue weighted by atomic mass is 10.1. The van der Waals surface area contributed by atoms with Crippen molar-refractivity contribution in [2.75, 3.05) is 5.73 Å². The van der Waals surface area contributed by atoms with Gasteiger partial charge in [0.25, 0.3) is 0 Å². The van der Waals surface area contributed by atoms with Gasteiger partial charge in [0.1, 0.15) is 12.1 Å². The Bertz CT molecular complexity index is 413. The fraction of sp³-hybridized carbons (Fsp3) is 0. The first-order chi connectivity index (χ1) is 6.75. The first kappa shape index (κ1) is 9.39. The molecule has 0 aliphatic rings. The van der Waals surface area contributed by atoms with Crippen molar-refractivity contribution in [2.24, 2.45) is 0 Å². The van der Waals surface area contributed by atoms with E-state index in [4.69, 9.17) is 5.73 Å². The average molecular weight is 297 g/mol. The van der Waals surface area contributed by atoms with Crippen LogP contribution in [0.4, 0.5) is 5.82 Å². The SMILES string of the molecule is Nc1cc(-c2cccc(I)c2)ncn1. The summed E-state index contributed by atoms with van der Waals surface area (Å²) in [7, 11) is 0. The first-order valence-corrected chi connectivity index (χ1v) is 5.17. The third-order valence-electron chi connectivity index (χ3n) is 1.81. The van der Waals surface area contributed by atoms with Gasteiger partial charge >= 0.3 is 0 Å². The lowest BCUT2D eigenvalue weighted by Gasteiger charge is -2.01. The van der Waals surface area contributed by atoms with Crippen molar-refractivity contribution < 1.29 is 0 Å². The minimum Gasteiger partial charge on any atom is -0.384 e. The van der Waals surface area contributed by atoms with E-state index in [1.807, 2.05) is 18.2 Å². The van der Waals surface area contributed by atoms with Crippen LogP contribution in [-0.4, -0.2) is 9.97 Å². The van der Waals surface area contributed by atoms with Crippen LogP contribution >= 0.6 is 22.6 Å². The summed E-state index contributed by atoms with van der Waals surface area (Å²) in [5, 5.41) is 0. The highest BCUT2D eigenvalue weighted by molar-refractivity contribution is 14.1. The highest BCUT2D eigenvalue weighted by Crippen LogP contribution is 2.19. The third-order valence-corrected chi connectivity index (χ3v) is 2.48. The smallest absolute Gasteiger partial charge is 0.127 e. The number of anilines is 1. The summed E-state index contributed by atoms with van der Waals surface area (Å²) >= 11 is 2.27. The Hall–Kier alpha value is -1.17. The van der Waals surface area contributed by atoms with Gasteiger partial charge in [-0.15, -0.1) is 0 Å². The zero-order valence-corrected chi connectivity index (χ0v) is 9.47. The van der Waals surface area contributed by atoms with Crippen LogP contribution in [0.1, 0.15) is 0 Å². The predicted octanol–water partition coefficient (Wildman–Crippen LogP) is 2.33. The van der Waals surface area contributed by atoms with Crippen LogP contribution in [0.2, 0.25) is 0 Å². The summed E-state index contributed by atoms with van der Waals surface area (Å²) in [6, 6.07) is 9.86. The molecule has 14 heavy (non-hydrogen) atoms. The predicted molar refractivity (Wildman–Crippen MR) is 64.6 cm³/mol. The van der Waals surface area contributed by atoms with Crippen LogP contribution in [-0.2, 0) is 0 Å². The number of hydrogen-bond acceptors (Lipinski definition) is 3. The largest absolute Gasteiger partial charge is 0.384 e. The van der Waals surface area contributed by atoms with Gasteiger partial charge in [-0.2, -0.15) is 0 Å². The van der Waals surface area contributed by atoms with Gasteiger partial charge in [0.15, 0.2) is 0 Å². The van der Waals surface area contributed by atoms with E-state index in [1.54, 1.807) is 6.07 Å². The van der Waals surface area contributed by atoms with Crippen LogP contribution in [0.5, 0.6) is 0 Å². The van der Waals surface area contributed by atoms with Crippen LogP contribution < -0.4 is 5.73 Å². The maximum Gasteiger partial charge on any atom is 0.127 e. The molecule has 0 spiro atoms. The van der Waals surface area contributed by atoms with Gasteiger partial charge in [0.05, 0.1) is 5.69 Å². The average Bonchev–Trinajstić information content (AvgIpc) is 2.18. The molecule has 0 radical (unpaired) electrons. The maximum atomic E-state index is 5.58. The van der Waals surface area contributed by atoms with E-state index in [9.17, 15) is 0 Å². The van der Waals surface area contributed by atoms with Crippen molar-refractivity contribution in [2.45, 2.75) is 0 Å². The number of nitrogens with zero attached hydrogens (tertiary/aromatic N) is 2. The molecule has 1 heterocycles. The molecular weight excluding hydrogens is 289 g/mol. The molecule has 3 nitrogen and oxygen atoms in total. The molecule has 0 bridgehead atoms. The molecule has 2 rings (SSSR count). The molecule has 0 atom stereocenters. The second kappa shape index (κ2) is 3.91. The molecule has 0 aliphatic heterocycles. The molecule has 2 aromatic rings. The van der Waals surface area contributed by atoms with Gasteiger partial charge in [-0.05, 0) is 34.7 Å². The van der Waals surface area contributed by atoms with Gasteiger partial charge in [-0.25, -0.2) is 9.97 Å². The number of rotatable bonds is 1. The fourth-order valence-electron chi connectivity index (χ4n) is 1.18. The van der Waals surface area contributed by atoms with Gasteiger partial charge in [0, 0.05) is 15.2 Å². The summed E-state index contributed by atoms with van der Waals surface area (Å²) in [6.07, 6.45) is 1.48. The highest BCUT2D eigenvalue weighted by Gasteiger charge is 1.99. The van der Waals surface area contributed by atoms with Crippen LogP contribution in [0.25, 0.3) is 11.3 Å². The van der Waals surface area contributed by atoms with Gasteiger partial charge < -0.3 is 5.73 Å². The second-order valence-electron chi connectivity index (χ2n) is 2.84. The minimum absolute atomic E-state index is 0.494. The number of hydrogen-bond donors (Lipinski definition) is 1. The molecule has 1 aromatic carbocycles. The summed E-state index contributed by atoms with van der Waals surface area (Å²) in [4.78, 5) is 8.01. The Balaban J connectivity index is 2.49. The van der Waals surface area contributed by atoms with Crippen LogP contribution in [0.3, 0.4) is 0 Å². The second-order valence-corrected chi connectivity index (χ2v) is 4.08. The standard InChI is InChI=1S/C10H8IN3/c11-8-3-1-2-7(4-8)9-5-10(12)14-6-13-9/h1-6H,(H2,12,13,14). The Morgan fingerprint density at radius 2 is 2.00 bits per heavy atom. The van der Waals surface area contributed by atoms with E-state index in [2.05, 4.69) is 38.6 Å². The van der Waals surface area contributed by atoms with Gasteiger partial charge in [-0.3, -0.25) is 0 Å². The maximum absolute atomic E-state index is 5.58. The number of nitrogen functional groups attached to an aromatic ring is 1. The molecular formula is C10H8IN3. The van der Waals surface area contributed by atoms with E-state index in [0.717, 1.165) is 11.3 Å². The van der Waals surface area contributed by atoms with E-state index in [1.165, 1.54) is 9.90 Å². The molecule has 0 amide bonds. The molecule has 2 N–H and O–H groups in total. The normalized spacial score (nSPS) is 10.1. The molecule has 0 fully saturated rings. The van der Waals surface area contributed by atoms with E-state index < -0.39 is 0 Å². The van der Waals surface area contributed by atoms with Crippen LogP contribution in [0.15, 0.2) is 36.7 Å². The first-order valence-electron chi connectivity index (χ1n) is 4.09. The molecule has 0 saturated carbocycles. The van der Waals surface area contributed by atoms with Crippen molar-refractivity contribution >= 4 is 28.4 Å². The zero-order valence-electron chi connectivity index (χ0n) is 7.31. The van der Waals surface area contributed by atoms with Gasteiger partial charge in [0.2, 0.25) is 0 Å². The molecule has 0 saturated heterocycles. The molecule has 1 aromatic heterocycles. The van der Waals surface area contributed by atoms with Crippen molar-refractivity contribution in [1.29, 1.82) is 0 Å². The topological polar surface area (TPSA) is 51.8 Å². The fourth-order valence-corrected chi connectivity index (χ4v) is 1.72. The van der Waals surface area contributed by atoms with Gasteiger partial charge in [-0.1, -0.05) is 12.1 Å². The molecule has 0 aliphatic carbocycles. The Labute approximate surface area is 95.5 Å². The number of halogens is 1.